The number of rotatable bonds is 7. The second-order valence-corrected chi connectivity index (χ2v) is 9.60. The largest absolute Gasteiger partial charge is 0.373 e. The van der Waals surface area contributed by atoms with Crippen molar-refractivity contribution < 1.29 is 8.78 Å². The summed E-state index contributed by atoms with van der Waals surface area (Å²) >= 11 is 6.68. The highest BCUT2D eigenvalue weighted by atomic mass is 35.5. The number of hydrazine groups is 2. The normalized spacial score (nSPS) is 13.2. The van der Waals surface area contributed by atoms with E-state index in [1.807, 2.05) is 42.1 Å². The number of fused-ring (bicyclic) bond motifs is 1. The predicted molar refractivity (Wildman–Crippen MR) is 151 cm³/mol. The molecule has 2 aromatic carbocycles. The topological polar surface area (TPSA) is 128 Å². The fourth-order valence-corrected chi connectivity index (χ4v) is 4.89. The van der Waals surface area contributed by atoms with Crippen LogP contribution < -0.4 is 27.0 Å². The lowest BCUT2D eigenvalue weighted by Gasteiger charge is -2.23. The van der Waals surface area contributed by atoms with Crippen molar-refractivity contribution in [2.75, 3.05) is 10.6 Å². The minimum atomic E-state index is -1.22. The first-order valence-corrected chi connectivity index (χ1v) is 12.7. The molecule has 41 heavy (non-hydrogen) atoms. The SMILES string of the molecule is Cn1ccnc1-c1cccc([C@H](Nc2cc(Cl)c3ncc(C#N)c(Nc4cnc(F)c(F)c4)c3c2)C2=CNNN2)c1. The van der Waals surface area contributed by atoms with E-state index in [-0.39, 0.29) is 17.3 Å². The van der Waals surface area contributed by atoms with Crippen molar-refractivity contribution in [2.24, 2.45) is 7.05 Å². The van der Waals surface area contributed by atoms with E-state index in [2.05, 4.69) is 48.0 Å². The molecule has 10 nitrogen and oxygen atoms in total. The van der Waals surface area contributed by atoms with Gasteiger partial charge >= 0.3 is 0 Å². The Balaban J connectivity index is 1.43. The number of aromatic nitrogens is 4. The highest BCUT2D eigenvalue weighted by Gasteiger charge is 2.22. The van der Waals surface area contributed by atoms with Crippen molar-refractivity contribution in [2.45, 2.75) is 6.04 Å². The van der Waals surface area contributed by atoms with E-state index in [9.17, 15) is 14.0 Å². The molecule has 5 aromatic rings. The van der Waals surface area contributed by atoms with Gasteiger partial charge < -0.3 is 26.1 Å². The number of nitrogens with one attached hydrogen (secondary N) is 5. The van der Waals surface area contributed by atoms with Crippen LogP contribution in [0.25, 0.3) is 22.3 Å². The van der Waals surface area contributed by atoms with E-state index in [0.29, 0.717) is 27.3 Å². The van der Waals surface area contributed by atoms with Gasteiger partial charge in [0.2, 0.25) is 5.95 Å². The van der Waals surface area contributed by atoms with E-state index in [4.69, 9.17) is 11.6 Å². The van der Waals surface area contributed by atoms with Gasteiger partial charge in [-0.2, -0.15) is 15.2 Å². The molecular formula is C28H21ClF2N10. The molecule has 3 aromatic heterocycles. The van der Waals surface area contributed by atoms with Gasteiger partial charge in [-0.25, -0.2) is 14.4 Å². The second-order valence-electron chi connectivity index (χ2n) is 9.19. The van der Waals surface area contributed by atoms with Crippen molar-refractivity contribution in [3.63, 3.8) is 0 Å². The number of imidazole rings is 1. The van der Waals surface area contributed by atoms with Crippen LogP contribution in [-0.4, -0.2) is 19.5 Å². The minimum absolute atomic E-state index is 0.156. The van der Waals surface area contributed by atoms with Crippen molar-refractivity contribution in [1.82, 2.24) is 35.9 Å². The smallest absolute Gasteiger partial charge is 0.249 e. The third-order valence-corrected chi connectivity index (χ3v) is 6.83. The fraction of sp³-hybridized carbons (Fsp3) is 0.0714. The standard InChI is InChI=1S/C28H21ClF2N10/c1-41-6-5-33-28(41)16-4-2-3-15(7-16)25(23-14-36-40-39-23)37-18-8-20-24(38-19-10-22(30)27(31)35-13-19)17(11-32)12-34-26(20)21(29)9-18/h2-10,12-14,25,36-37,39-40H,1H3,(H,34,38)/t25-/m0/s1. The number of nitriles is 1. The molecule has 6 rings (SSSR count). The summed E-state index contributed by atoms with van der Waals surface area (Å²) in [5, 5.41) is 17.1. The molecule has 0 saturated carbocycles. The van der Waals surface area contributed by atoms with Crippen LogP contribution >= 0.6 is 11.6 Å². The Bertz CT molecular complexity index is 1860. The number of pyridine rings is 2. The summed E-state index contributed by atoms with van der Waals surface area (Å²) in [6.45, 7) is 0. The molecule has 0 aliphatic carbocycles. The maximum absolute atomic E-state index is 13.9. The Morgan fingerprint density at radius 3 is 2.68 bits per heavy atom. The third kappa shape index (κ3) is 5.07. The van der Waals surface area contributed by atoms with Crippen LogP contribution in [0.5, 0.6) is 0 Å². The van der Waals surface area contributed by atoms with Gasteiger partial charge in [0.05, 0.1) is 45.4 Å². The van der Waals surface area contributed by atoms with Gasteiger partial charge in [0.15, 0.2) is 5.82 Å². The highest BCUT2D eigenvalue weighted by Crippen LogP contribution is 2.37. The molecule has 1 atom stereocenters. The lowest BCUT2D eigenvalue weighted by molar-refractivity contribution is 0.480. The van der Waals surface area contributed by atoms with E-state index in [1.165, 1.54) is 6.20 Å². The van der Waals surface area contributed by atoms with Gasteiger partial charge in [0.1, 0.15) is 11.9 Å². The first-order valence-electron chi connectivity index (χ1n) is 12.3. The van der Waals surface area contributed by atoms with E-state index in [0.717, 1.165) is 34.9 Å². The lowest BCUT2D eigenvalue weighted by Crippen LogP contribution is -2.33. The Hall–Kier alpha value is -5.25. The van der Waals surface area contributed by atoms with Crippen LogP contribution in [0, 0.1) is 23.1 Å². The first-order chi connectivity index (χ1) is 19.9. The summed E-state index contributed by atoms with van der Waals surface area (Å²) in [4.78, 5) is 12.3. The molecule has 0 unspecified atom stereocenters. The van der Waals surface area contributed by atoms with Gasteiger partial charge in [-0.3, -0.25) is 4.98 Å². The van der Waals surface area contributed by atoms with E-state index < -0.39 is 11.8 Å². The van der Waals surface area contributed by atoms with Gasteiger partial charge in [0.25, 0.3) is 0 Å². The van der Waals surface area contributed by atoms with E-state index in [1.54, 1.807) is 24.5 Å². The number of halogens is 3. The van der Waals surface area contributed by atoms with Crippen molar-refractivity contribution in [1.29, 1.82) is 5.26 Å². The minimum Gasteiger partial charge on any atom is -0.373 e. The van der Waals surface area contributed by atoms with Crippen molar-refractivity contribution >= 4 is 39.6 Å². The Kier molecular flexibility index (Phi) is 6.80. The summed E-state index contributed by atoms with van der Waals surface area (Å²) in [6.07, 6.45) is 7.93. The lowest BCUT2D eigenvalue weighted by atomic mass is 10.0. The number of hydrogen-bond acceptors (Lipinski definition) is 9. The van der Waals surface area contributed by atoms with Crippen molar-refractivity contribution in [3.05, 3.63) is 107 Å². The average molecular weight is 571 g/mol. The van der Waals surface area contributed by atoms with Gasteiger partial charge in [-0.15, -0.1) is 0 Å². The molecule has 4 heterocycles. The van der Waals surface area contributed by atoms with Crippen molar-refractivity contribution in [3.8, 4) is 17.5 Å². The highest BCUT2D eigenvalue weighted by molar-refractivity contribution is 6.36. The molecule has 1 aliphatic heterocycles. The molecule has 1 aliphatic rings. The zero-order valence-electron chi connectivity index (χ0n) is 21.4. The molecule has 5 N–H and O–H groups in total. The zero-order valence-corrected chi connectivity index (χ0v) is 22.1. The summed E-state index contributed by atoms with van der Waals surface area (Å²) < 4.78 is 29.3. The molecule has 204 valence electrons. The molecular weight excluding hydrogens is 550 g/mol. The molecule has 0 amide bonds. The van der Waals surface area contributed by atoms with Crippen LogP contribution in [0.4, 0.5) is 25.8 Å². The number of nitrogens with zero attached hydrogens (tertiary/aromatic N) is 5. The monoisotopic (exact) mass is 570 g/mol. The maximum atomic E-state index is 13.9. The Morgan fingerprint density at radius 2 is 1.95 bits per heavy atom. The third-order valence-electron chi connectivity index (χ3n) is 6.54. The summed E-state index contributed by atoms with van der Waals surface area (Å²) in [6, 6.07) is 14.2. The molecule has 0 bridgehead atoms. The van der Waals surface area contributed by atoms with Gasteiger partial charge in [0, 0.05) is 54.5 Å². The summed E-state index contributed by atoms with van der Waals surface area (Å²) in [7, 11) is 1.93. The number of anilines is 3. The molecule has 0 saturated heterocycles. The predicted octanol–water partition coefficient (Wildman–Crippen LogP) is 5.18. The average Bonchev–Trinajstić information content (AvgIpc) is 3.66. The second kappa shape index (κ2) is 10.7. The van der Waals surface area contributed by atoms with Crippen LogP contribution in [0.2, 0.25) is 5.02 Å². The quantitative estimate of drug-likeness (QED) is 0.168. The van der Waals surface area contributed by atoms with Crippen LogP contribution in [0.3, 0.4) is 0 Å². The molecule has 0 radical (unpaired) electrons. The van der Waals surface area contributed by atoms with Crippen LogP contribution in [0.1, 0.15) is 17.2 Å². The number of aryl methyl sites for hydroxylation is 1. The molecule has 13 heteroatoms. The summed E-state index contributed by atoms with van der Waals surface area (Å²) in [5.74, 6) is -1.52. The number of benzene rings is 2. The van der Waals surface area contributed by atoms with Gasteiger partial charge in [-0.05, 0) is 23.8 Å². The number of hydrogen-bond donors (Lipinski definition) is 5. The van der Waals surface area contributed by atoms with E-state index >= 15 is 0 Å². The van der Waals surface area contributed by atoms with Crippen LogP contribution in [-0.2, 0) is 7.05 Å². The van der Waals surface area contributed by atoms with Crippen LogP contribution in [0.15, 0.2) is 79.1 Å². The molecule has 0 fully saturated rings. The Morgan fingerprint density at radius 1 is 1.07 bits per heavy atom. The first kappa shape index (κ1) is 26.0. The molecule has 0 spiro atoms. The summed E-state index contributed by atoms with van der Waals surface area (Å²) in [5.41, 5.74) is 13.3. The zero-order chi connectivity index (χ0) is 28.5. The van der Waals surface area contributed by atoms with Gasteiger partial charge in [-0.1, -0.05) is 29.8 Å². The fourth-order valence-electron chi connectivity index (χ4n) is 4.62. The maximum Gasteiger partial charge on any atom is 0.249 e. The Labute approximate surface area is 237 Å².